The lowest BCUT2D eigenvalue weighted by atomic mass is 9.98. The van der Waals surface area contributed by atoms with Crippen LogP contribution >= 0.6 is 0 Å². The van der Waals surface area contributed by atoms with Gasteiger partial charge in [-0.3, -0.25) is 4.18 Å². The smallest absolute Gasteiger partial charge is 0.267 e. The molecule has 0 N–H and O–H groups in total. The summed E-state index contributed by atoms with van der Waals surface area (Å²) in [5, 5.41) is 0.944. The standard InChI is InChI=1S/C16H21N3O4S/c1-22-14-5-3-4-13-15(14)17-11-18-16(13)19-8-6-12(7-9-19)10-24(20,21)23-2/h3-5,11-12H,6-10H2,1-2H3. The summed E-state index contributed by atoms with van der Waals surface area (Å²) in [7, 11) is -0.569. The first-order valence-corrected chi connectivity index (χ1v) is 9.43. The van der Waals surface area contributed by atoms with Crippen LogP contribution in [0.5, 0.6) is 5.75 Å². The molecule has 1 aliphatic heterocycles. The zero-order valence-corrected chi connectivity index (χ0v) is 14.6. The first-order chi connectivity index (χ1) is 11.5. The van der Waals surface area contributed by atoms with Crippen LogP contribution in [0.25, 0.3) is 10.9 Å². The second-order valence-corrected chi connectivity index (χ2v) is 7.66. The van der Waals surface area contributed by atoms with Crippen LogP contribution < -0.4 is 9.64 Å². The van der Waals surface area contributed by atoms with Crippen LogP contribution in [0.2, 0.25) is 0 Å². The summed E-state index contributed by atoms with van der Waals surface area (Å²) in [6, 6.07) is 5.78. The van der Waals surface area contributed by atoms with Crippen LogP contribution in [-0.2, 0) is 14.3 Å². The molecular formula is C16H21N3O4S. The minimum atomic E-state index is -3.41. The molecule has 2 heterocycles. The summed E-state index contributed by atoms with van der Waals surface area (Å²) < 4.78 is 33.1. The van der Waals surface area contributed by atoms with Gasteiger partial charge in [0.25, 0.3) is 10.1 Å². The molecule has 24 heavy (non-hydrogen) atoms. The molecule has 1 fully saturated rings. The minimum absolute atomic E-state index is 0.0791. The Morgan fingerprint density at radius 3 is 2.62 bits per heavy atom. The molecule has 8 heteroatoms. The van der Waals surface area contributed by atoms with Crippen LogP contribution in [0.1, 0.15) is 12.8 Å². The molecule has 0 saturated carbocycles. The maximum Gasteiger partial charge on any atom is 0.267 e. The highest BCUT2D eigenvalue weighted by molar-refractivity contribution is 7.86. The Morgan fingerprint density at radius 1 is 1.21 bits per heavy atom. The summed E-state index contributed by atoms with van der Waals surface area (Å²) in [6.07, 6.45) is 3.12. The van der Waals surface area contributed by atoms with Crippen molar-refractivity contribution in [3.63, 3.8) is 0 Å². The quantitative estimate of drug-likeness (QED) is 0.760. The van der Waals surface area contributed by atoms with E-state index in [9.17, 15) is 8.42 Å². The van der Waals surface area contributed by atoms with Gasteiger partial charge in [0.2, 0.25) is 0 Å². The van der Waals surface area contributed by atoms with E-state index in [2.05, 4.69) is 19.1 Å². The Labute approximate surface area is 141 Å². The van der Waals surface area contributed by atoms with Gasteiger partial charge in [0.15, 0.2) is 0 Å². The van der Waals surface area contributed by atoms with Crippen molar-refractivity contribution >= 4 is 26.8 Å². The van der Waals surface area contributed by atoms with Crippen molar-refractivity contribution in [2.24, 2.45) is 5.92 Å². The number of hydrogen-bond donors (Lipinski definition) is 0. The third-order valence-corrected chi connectivity index (χ3v) is 5.82. The predicted molar refractivity (Wildman–Crippen MR) is 91.8 cm³/mol. The number of benzene rings is 1. The topological polar surface area (TPSA) is 81.6 Å². The highest BCUT2D eigenvalue weighted by atomic mass is 32.2. The molecule has 2 aromatic rings. The zero-order valence-electron chi connectivity index (χ0n) is 13.8. The molecule has 0 bridgehead atoms. The highest BCUT2D eigenvalue weighted by Crippen LogP contribution is 2.31. The van der Waals surface area contributed by atoms with Crippen molar-refractivity contribution in [1.82, 2.24) is 9.97 Å². The van der Waals surface area contributed by atoms with E-state index in [1.807, 2.05) is 18.2 Å². The van der Waals surface area contributed by atoms with Gasteiger partial charge >= 0.3 is 0 Å². The number of nitrogens with zero attached hydrogens (tertiary/aromatic N) is 3. The van der Waals surface area contributed by atoms with E-state index in [1.165, 1.54) is 7.11 Å². The number of ether oxygens (including phenoxy) is 1. The van der Waals surface area contributed by atoms with Gasteiger partial charge in [-0.1, -0.05) is 6.07 Å². The first-order valence-electron chi connectivity index (χ1n) is 7.85. The average Bonchev–Trinajstić information content (AvgIpc) is 2.61. The van der Waals surface area contributed by atoms with Gasteiger partial charge in [-0.25, -0.2) is 9.97 Å². The average molecular weight is 351 g/mol. The molecule has 1 saturated heterocycles. The van der Waals surface area contributed by atoms with Crippen molar-refractivity contribution in [2.75, 3.05) is 38.0 Å². The molecule has 3 rings (SSSR count). The maximum atomic E-state index is 11.6. The van der Waals surface area contributed by atoms with Crippen molar-refractivity contribution in [1.29, 1.82) is 0 Å². The number of aromatic nitrogens is 2. The largest absolute Gasteiger partial charge is 0.494 e. The van der Waals surface area contributed by atoms with E-state index in [-0.39, 0.29) is 11.7 Å². The van der Waals surface area contributed by atoms with Gasteiger partial charge in [0, 0.05) is 18.5 Å². The minimum Gasteiger partial charge on any atom is -0.494 e. The SMILES string of the molecule is COc1cccc2c(N3CCC(CS(=O)(=O)OC)CC3)ncnc12. The Hall–Kier alpha value is -1.93. The van der Waals surface area contributed by atoms with Gasteiger partial charge in [0.05, 0.1) is 20.0 Å². The van der Waals surface area contributed by atoms with Crippen molar-refractivity contribution in [3.05, 3.63) is 24.5 Å². The van der Waals surface area contributed by atoms with Gasteiger partial charge in [-0.05, 0) is 30.9 Å². The molecule has 0 spiro atoms. The molecule has 130 valence electrons. The first kappa shape index (κ1) is 16.9. The lowest BCUT2D eigenvalue weighted by Gasteiger charge is -2.33. The van der Waals surface area contributed by atoms with Gasteiger partial charge in [-0.2, -0.15) is 8.42 Å². The summed E-state index contributed by atoms with van der Waals surface area (Å²) in [5.74, 6) is 1.79. The third kappa shape index (κ3) is 3.44. The van der Waals surface area contributed by atoms with Crippen LogP contribution in [0.4, 0.5) is 5.82 Å². The monoisotopic (exact) mass is 351 g/mol. The number of piperidine rings is 1. The van der Waals surface area contributed by atoms with Gasteiger partial charge in [-0.15, -0.1) is 0 Å². The Kier molecular flexibility index (Phi) is 4.86. The molecule has 0 amide bonds. The second-order valence-electron chi connectivity index (χ2n) is 5.88. The summed E-state index contributed by atoms with van der Waals surface area (Å²) in [6.45, 7) is 1.51. The van der Waals surface area contributed by atoms with E-state index < -0.39 is 10.1 Å². The Bertz CT molecular complexity index is 817. The van der Waals surface area contributed by atoms with E-state index in [0.29, 0.717) is 0 Å². The number of fused-ring (bicyclic) bond motifs is 1. The number of rotatable bonds is 5. The lowest BCUT2D eigenvalue weighted by Crippen LogP contribution is -2.36. The Balaban J connectivity index is 1.79. The van der Waals surface area contributed by atoms with E-state index in [4.69, 9.17) is 4.74 Å². The van der Waals surface area contributed by atoms with Gasteiger partial charge in [0.1, 0.15) is 23.4 Å². The molecule has 1 aliphatic rings. The van der Waals surface area contributed by atoms with Crippen LogP contribution in [0, 0.1) is 5.92 Å². The molecule has 1 aromatic heterocycles. The Morgan fingerprint density at radius 2 is 1.96 bits per heavy atom. The number of methoxy groups -OCH3 is 1. The predicted octanol–water partition coefficient (Wildman–Crippen LogP) is 1.83. The molecule has 7 nitrogen and oxygen atoms in total. The van der Waals surface area contributed by atoms with Crippen molar-refractivity contribution in [2.45, 2.75) is 12.8 Å². The van der Waals surface area contributed by atoms with E-state index in [1.54, 1.807) is 13.4 Å². The van der Waals surface area contributed by atoms with E-state index >= 15 is 0 Å². The highest BCUT2D eigenvalue weighted by Gasteiger charge is 2.26. The zero-order chi connectivity index (χ0) is 17.2. The van der Waals surface area contributed by atoms with Crippen LogP contribution in [0.3, 0.4) is 0 Å². The van der Waals surface area contributed by atoms with Crippen LogP contribution in [0.15, 0.2) is 24.5 Å². The fourth-order valence-electron chi connectivity index (χ4n) is 3.13. The fraction of sp³-hybridized carbons (Fsp3) is 0.500. The normalized spacial score (nSPS) is 16.5. The molecule has 0 atom stereocenters. The third-order valence-electron chi connectivity index (χ3n) is 4.43. The molecule has 0 aliphatic carbocycles. The molecule has 1 aromatic carbocycles. The van der Waals surface area contributed by atoms with Gasteiger partial charge < -0.3 is 9.64 Å². The van der Waals surface area contributed by atoms with E-state index in [0.717, 1.165) is 48.4 Å². The molecule has 0 unspecified atom stereocenters. The number of hydrogen-bond acceptors (Lipinski definition) is 7. The fourth-order valence-corrected chi connectivity index (χ4v) is 4.18. The molecule has 0 radical (unpaired) electrons. The van der Waals surface area contributed by atoms with Crippen molar-refractivity contribution < 1.29 is 17.3 Å². The summed E-state index contributed by atoms with van der Waals surface area (Å²) in [4.78, 5) is 10.9. The molecular weight excluding hydrogens is 330 g/mol. The maximum absolute atomic E-state index is 11.6. The van der Waals surface area contributed by atoms with Crippen LogP contribution in [-0.4, -0.2) is 51.4 Å². The summed E-state index contributed by atoms with van der Waals surface area (Å²) >= 11 is 0. The van der Waals surface area contributed by atoms with Crippen molar-refractivity contribution in [3.8, 4) is 5.75 Å². The lowest BCUT2D eigenvalue weighted by molar-refractivity contribution is 0.373. The second kappa shape index (κ2) is 6.90. The summed E-state index contributed by atoms with van der Waals surface area (Å²) in [5.41, 5.74) is 0.786. The number of anilines is 1. The number of para-hydroxylation sites is 1.